The highest BCUT2D eigenvalue weighted by atomic mass is 16.5. The average molecular weight is 283 g/mol. The van der Waals surface area contributed by atoms with Crippen LogP contribution in [-0.4, -0.2) is 6.04 Å². The van der Waals surface area contributed by atoms with E-state index in [4.69, 9.17) is 10.5 Å². The van der Waals surface area contributed by atoms with Crippen LogP contribution in [0.3, 0.4) is 0 Å². The maximum atomic E-state index is 6.06. The van der Waals surface area contributed by atoms with Crippen molar-refractivity contribution in [3.8, 4) is 11.5 Å². The number of ether oxygens (including phenoxy) is 1. The van der Waals surface area contributed by atoms with Gasteiger partial charge in [-0.1, -0.05) is 44.2 Å². The van der Waals surface area contributed by atoms with Crippen molar-refractivity contribution >= 4 is 0 Å². The van der Waals surface area contributed by atoms with Gasteiger partial charge in [-0.15, -0.1) is 0 Å². The van der Waals surface area contributed by atoms with Crippen LogP contribution in [0.1, 0.15) is 44.2 Å². The highest BCUT2D eigenvalue weighted by Gasteiger charge is 2.10. The van der Waals surface area contributed by atoms with E-state index < -0.39 is 0 Å². The SMILES string of the molecule is CCC(C)c1ccccc1Oc1ccc(CC(C)N)cc1. The molecule has 2 unspecified atom stereocenters. The Balaban J connectivity index is 2.15. The van der Waals surface area contributed by atoms with Crippen LogP contribution in [-0.2, 0) is 6.42 Å². The fourth-order valence-electron chi connectivity index (χ4n) is 2.39. The van der Waals surface area contributed by atoms with Crippen LogP contribution in [0.25, 0.3) is 0 Å². The van der Waals surface area contributed by atoms with Crippen molar-refractivity contribution in [3.63, 3.8) is 0 Å². The summed E-state index contributed by atoms with van der Waals surface area (Å²) >= 11 is 0. The Kier molecular flexibility index (Phi) is 5.40. The molecule has 2 rings (SSSR count). The van der Waals surface area contributed by atoms with Gasteiger partial charge in [0.1, 0.15) is 11.5 Å². The van der Waals surface area contributed by atoms with Gasteiger partial charge in [0.15, 0.2) is 0 Å². The molecule has 0 aliphatic carbocycles. The minimum atomic E-state index is 0.183. The minimum absolute atomic E-state index is 0.183. The third-order valence-electron chi connectivity index (χ3n) is 3.77. The van der Waals surface area contributed by atoms with Crippen molar-refractivity contribution in [3.05, 3.63) is 59.7 Å². The first kappa shape index (κ1) is 15.6. The summed E-state index contributed by atoms with van der Waals surface area (Å²) in [4.78, 5) is 0. The number of nitrogens with two attached hydrogens (primary N) is 1. The van der Waals surface area contributed by atoms with E-state index in [1.165, 1.54) is 11.1 Å². The van der Waals surface area contributed by atoms with Crippen LogP contribution < -0.4 is 10.5 Å². The molecule has 112 valence electrons. The van der Waals surface area contributed by atoms with E-state index in [0.29, 0.717) is 5.92 Å². The van der Waals surface area contributed by atoms with Gasteiger partial charge in [0, 0.05) is 6.04 Å². The largest absolute Gasteiger partial charge is 0.457 e. The van der Waals surface area contributed by atoms with Gasteiger partial charge in [-0.05, 0) is 55.0 Å². The molecule has 0 radical (unpaired) electrons. The summed E-state index contributed by atoms with van der Waals surface area (Å²) in [7, 11) is 0. The molecule has 0 fully saturated rings. The lowest BCUT2D eigenvalue weighted by molar-refractivity contribution is 0.470. The maximum Gasteiger partial charge on any atom is 0.130 e. The second-order valence-corrected chi connectivity index (χ2v) is 5.77. The lowest BCUT2D eigenvalue weighted by atomic mass is 9.98. The van der Waals surface area contributed by atoms with E-state index in [-0.39, 0.29) is 6.04 Å². The van der Waals surface area contributed by atoms with E-state index in [1.807, 2.05) is 31.2 Å². The second-order valence-electron chi connectivity index (χ2n) is 5.77. The molecule has 2 heteroatoms. The summed E-state index contributed by atoms with van der Waals surface area (Å²) in [5.41, 5.74) is 8.33. The predicted octanol–water partition coefficient (Wildman–Crippen LogP) is 4.88. The molecular formula is C19H25NO. The van der Waals surface area contributed by atoms with Gasteiger partial charge < -0.3 is 10.5 Å². The van der Waals surface area contributed by atoms with Gasteiger partial charge in [-0.25, -0.2) is 0 Å². The first-order valence-electron chi connectivity index (χ1n) is 7.71. The zero-order valence-corrected chi connectivity index (χ0v) is 13.2. The number of para-hydroxylation sites is 1. The molecule has 0 spiro atoms. The Morgan fingerprint density at radius 2 is 1.67 bits per heavy atom. The highest BCUT2D eigenvalue weighted by Crippen LogP contribution is 2.32. The molecule has 2 nitrogen and oxygen atoms in total. The van der Waals surface area contributed by atoms with Gasteiger partial charge >= 0.3 is 0 Å². The lowest BCUT2D eigenvalue weighted by Gasteiger charge is -2.15. The fraction of sp³-hybridized carbons (Fsp3) is 0.368. The Morgan fingerprint density at radius 3 is 2.29 bits per heavy atom. The van der Waals surface area contributed by atoms with Gasteiger partial charge in [-0.3, -0.25) is 0 Å². The van der Waals surface area contributed by atoms with Crippen LogP contribution in [0.2, 0.25) is 0 Å². The average Bonchev–Trinajstić information content (AvgIpc) is 2.48. The molecule has 0 saturated carbocycles. The normalized spacial score (nSPS) is 13.7. The first-order valence-corrected chi connectivity index (χ1v) is 7.71. The van der Waals surface area contributed by atoms with Crippen LogP contribution in [0, 0.1) is 0 Å². The smallest absolute Gasteiger partial charge is 0.130 e. The zero-order valence-electron chi connectivity index (χ0n) is 13.2. The Labute approximate surface area is 127 Å². The molecule has 0 aliphatic heterocycles. The van der Waals surface area contributed by atoms with Crippen LogP contribution >= 0.6 is 0 Å². The monoisotopic (exact) mass is 283 g/mol. The molecule has 0 bridgehead atoms. The van der Waals surface area contributed by atoms with Crippen molar-refractivity contribution in [2.75, 3.05) is 0 Å². The van der Waals surface area contributed by atoms with E-state index in [9.17, 15) is 0 Å². The molecule has 0 aromatic heterocycles. The van der Waals surface area contributed by atoms with Crippen molar-refractivity contribution < 1.29 is 4.74 Å². The molecule has 2 aromatic rings. The van der Waals surface area contributed by atoms with Crippen LogP contribution in [0.5, 0.6) is 11.5 Å². The molecule has 0 amide bonds. The molecule has 2 atom stereocenters. The van der Waals surface area contributed by atoms with E-state index in [2.05, 4.69) is 38.1 Å². The fourth-order valence-corrected chi connectivity index (χ4v) is 2.39. The third kappa shape index (κ3) is 4.33. The first-order chi connectivity index (χ1) is 10.1. The van der Waals surface area contributed by atoms with E-state index in [1.54, 1.807) is 0 Å². The van der Waals surface area contributed by atoms with Crippen molar-refractivity contribution in [2.24, 2.45) is 5.73 Å². The second kappa shape index (κ2) is 7.28. The molecule has 21 heavy (non-hydrogen) atoms. The molecular weight excluding hydrogens is 258 g/mol. The summed E-state index contributed by atoms with van der Waals surface area (Å²) in [5.74, 6) is 2.32. The number of benzene rings is 2. The minimum Gasteiger partial charge on any atom is -0.457 e. The maximum absolute atomic E-state index is 6.06. The van der Waals surface area contributed by atoms with Gasteiger partial charge in [0.05, 0.1) is 0 Å². The number of rotatable bonds is 6. The van der Waals surface area contributed by atoms with Gasteiger partial charge in [0.2, 0.25) is 0 Å². The van der Waals surface area contributed by atoms with Gasteiger partial charge in [0.25, 0.3) is 0 Å². The van der Waals surface area contributed by atoms with Crippen molar-refractivity contribution in [1.82, 2.24) is 0 Å². The van der Waals surface area contributed by atoms with Gasteiger partial charge in [-0.2, -0.15) is 0 Å². The highest BCUT2D eigenvalue weighted by molar-refractivity contribution is 5.40. The van der Waals surface area contributed by atoms with Crippen molar-refractivity contribution in [2.45, 2.75) is 45.6 Å². The molecule has 2 N–H and O–H groups in total. The van der Waals surface area contributed by atoms with Crippen LogP contribution in [0.4, 0.5) is 0 Å². The standard InChI is InChI=1S/C19H25NO/c1-4-14(2)18-7-5-6-8-19(18)21-17-11-9-16(10-12-17)13-15(3)20/h5-12,14-15H,4,13,20H2,1-3H3. The predicted molar refractivity (Wildman–Crippen MR) is 89.0 cm³/mol. The van der Waals surface area contributed by atoms with E-state index in [0.717, 1.165) is 24.3 Å². The summed E-state index contributed by atoms with van der Waals surface area (Å²) in [5, 5.41) is 0. The van der Waals surface area contributed by atoms with E-state index >= 15 is 0 Å². The Morgan fingerprint density at radius 1 is 1.00 bits per heavy atom. The molecule has 0 aliphatic rings. The number of hydrogen-bond donors (Lipinski definition) is 1. The third-order valence-corrected chi connectivity index (χ3v) is 3.77. The summed E-state index contributed by atoms with van der Waals surface area (Å²) in [6, 6.07) is 16.7. The quantitative estimate of drug-likeness (QED) is 0.819. The number of hydrogen-bond acceptors (Lipinski definition) is 2. The summed E-state index contributed by atoms with van der Waals surface area (Å²) in [6.45, 7) is 6.45. The van der Waals surface area contributed by atoms with Crippen molar-refractivity contribution in [1.29, 1.82) is 0 Å². The molecule has 0 saturated heterocycles. The topological polar surface area (TPSA) is 35.2 Å². The summed E-state index contributed by atoms with van der Waals surface area (Å²) in [6.07, 6.45) is 2.00. The summed E-state index contributed by atoms with van der Waals surface area (Å²) < 4.78 is 6.06. The Bertz CT molecular complexity index is 560. The molecule has 0 heterocycles. The molecule has 2 aromatic carbocycles. The lowest BCUT2D eigenvalue weighted by Crippen LogP contribution is -2.17. The Hall–Kier alpha value is -1.80. The zero-order chi connectivity index (χ0) is 15.2. The van der Waals surface area contributed by atoms with Crippen LogP contribution in [0.15, 0.2) is 48.5 Å².